The average molecular weight is 288 g/mol. The van der Waals surface area contributed by atoms with E-state index in [2.05, 4.69) is 11.6 Å². The third kappa shape index (κ3) is 3.84. The van der Waals surface area contributed by atoms with Crippen LogP contribution in [0.25, 0.3) is 0 Å². The Bertz CT molecular complexity index is 308. The monoisotopic (exact) mass is 288 g/mol. The molecular weight excluding hydrogens is 264 g/mol. The standard InChI is InChI=1S/C13H24N2O3S/c1-19-13(4-6-17-7-5-13)9-15-12(16)11-3-2-10(8-14)18-11/h10-11H,2-9,14H2,1H3,(H,15,16)/t10-,11+/m1/s1. The molecule has 0 radical (unpaired) electrons. The number of nitrogens with one attached hydrogen (secondary N) is 1. The molecule has 19 heavy (non-hydrogen) atoms. The Labute approximate surface area is 119 Å². The lowest BCUT2D eigenvalue weighted by atomic mass is 9.99. The van der Waals surface area contributed by atoms with Gasteiger partial charge in [-0.1, -0.05) is 0 Å². The highest BCUT2D eigenvalue weighted by atomic mass is 32.2. The molecule has 2 atom stereocenters. The van der Waals surface area contributed by atoms with E-state index in [0.29, 0.717) is 13.1 Å². The van der Waals surface area contributed by atoms with Gasteiger partial charge in [0.2, 0.25) is 5.91 Å². The van der Waals surface area contributed by atoms with Crippen molar-refractivity contribution < 1.29 is 14.3 Å². The second-order valence-electron chi connectivity index (χ2n) is 5.28. The summed E-state index contributed by atoms with van der Waals surface area (Å²) in [6.07, 6.45) is 5.49. The highest BCUT2D eigenvalue weighted by molar-refractivity contribution is 8.00. The van der Waals surface area contributed by atoms with E-state index in [0.717, 1.165) is 38.9 Å². The summed E-state index contributed by atoms with van der Waals surface area (Å²) in [7, 11) is 0. The number of hydrogen-bond donors (Lipinski definition) is 2. The molecule has 0 aliphatic carbocycles. The van der Waals surface area contributed by atoms with E-state index >= 15 is 0 Å². The van der Waals surface area contributed by atoms with Crippen molar-refractivity contribution in [2.24, 2.45) is 5.73 Å². The maximum Gasteiger partial charge on any atom is 0.249 e. The van der Waals surface area contributed by atoms with Crippen LogP contribution in [-0.4, -0.2) is 55.4 Å². The quantitative estimate of drug-likeness (QED) is 0.771. The lowest BCUT2D eigenvalue weighted by Gasteiger charge is -2.35. The molecule has 0 spiro atoms. The number of hydrogen-bond acceptors (Lipinski definition) is 5. The Morgan fingerprint density at radius 3 is 2.74 bits per heavy atom. The molecule has 2 saturated heterocycles. The minimum Gasteiger partial charge on any atom is -0.381 e. The van der Waals surface area contributed by atoms with E-state index in [1.165, 1.54) is 0 Å². The van der Waals surface area contributed by atoms with Gasteiger partial charge in [-0.05, 0) is 31.9 Å². The molecule has 0 unspecified atom stereocenters. The Balaban J connectivity index is 1.79. The van der Waals surface area contributed by atoms with E-state index in [1.54, 1.807) is 0 Å². The molecule has 6 heteroatoms. The molecule has 0 aromatic heterocycles. The molecule has 2 aliphatic heterocycles. The summed E-state index contributed by atoms with van der Waals surface area (Å²) in [5.41, 5.74) is 5.56. The van der Waals surface area contributed by atoms with Crippen LogP contribution in [-0.2, 0) is 14.3 Å². The van der Waals surface area contributed by atoms with Gasteiger partial charge in [0.15, 0.2) is 0 Å². The van der Waals surface area contributed by atoms with Crippen LogP contribution in [0, 0.1) is 0 Å². The second-order valence-corrected chi connectivity index (χ2v) is 6.55. The van der Waals surface area contributed by atoms with Gasteiger partial charge in [-0.2, -0.15) is 11.8 Å². The van der Waals surface area contributed by atoms with Crippen molar-refractivity contribution >= 4 is 17.7 Å². The Morgan fingerprint density at radius 1 is 1.42 bits per heavy atom. The summed E-state index contributed by atoms with van der Waals surface area (Å²) in [6, 6.07) is 0. The minimum absolute atomic E-state index is 0.0101. The molecule has 0 aromatic rings. The van der Waals surface area contributed by atoms with E-state index in [1.807, 2.05) is 11.8 Å². The molecule has 0 bridgehead atoms. The lowest BCUT2D eigenvalue weighted by Crippen LogP contribution is -2.47. The molecule has 2 aliphatic rings. The van der Waals surface area contributed by atoms with Gasteiger partial charge in [0.05, 0.1) is 6.10 Å². The highest BCUT2D eigenvalue weighted by Crippen LogP contribution is 2.33. The average Bonchev–Trinajstić information content (AvgIpc) is 2.95. The van der Waals surface area contributed by atoms with Gasteiger partial charge in [0.25, 0.3) is 0 Å². The molecular formula is C13H24N2O3S. The van der Waals surface area contributed by atoms with Crippen molar-refractivity contribution in [3.05, 3.63) is 0 Å². The smallest absolute Gasteiger partial charge is 0.249 e. The van der Waals surface area contributed by atoms with Crippen LogP contribution in [0.1, 0.15) is 25.7 Å². The number of ether oxygens (including phenoxy) is 2. The van der Waals surface area contributed by atoms with Crippen molar-refractivity contribution in [2.45, 2.75) is 42.6 Å². The summed E-state index contributed by atoms with van der Waals surface area (Å²) in [4.78, 5) is 12.1. The zero-order valence-corrected chi connectivity index (χ0v) is 12.3. The molecule has 110 valence electrons. The number of thioether (sulfide) groups is 1. The molecule has 2 heterocycles. The lowest BCUT2D eigenvalue weighted by molar-refractivity contribution is -0.132. The number of carbonyl (C=O) groups is 1. The maximum absolute atomic E-state index is 12.1. The largest absolute Gasteiger partial charge is 0.381 e. The van der Waals surface area contributed by atoms with Crippen LogP contribution < -0.4 is 11.1 Å². The third-order valence-electron chi connectivity index (χ3n) is 4.08. The molecule has 5 nitrogen and oxygen atoms in total. The summed E-state index contributed by atoms with van der Waals surface area (Å²) >= 11 is 1.83. The maximum atomic E-state index is 12.1. The van der Waals surface area contributed by atoms with Gasteiger partial charge in [0, 0.05) is 31.1 Å². The van der Waals surface area contributed by atoms with Gasteiger partial charge < -0.3 is 20.5 Å². The fourth-order valence-corrected chi connectivity index (χ4v) is 3.42. The summed E-state index contributed by atoms with van der Waals surface area (Å²) in [6.45, 7) is 2.76. The number of nitrogens with two attached hydrogens (primary N) is 1. The van der Waals surface area contributed by atoms with Crippen LogP contribution in [0.4, 0.5) is 0 Å². The second kappa shape index (κ2) is 6.92. The van der Waals surface area contributed by atoms with Crippen LogP contribution in [0.3, 0.4) is 0 Å². The SMILES string of the molecule is CSC1(CNC(=O)[C@@H]2CC[C@H](CN)O2)CCOCC1. The van der Waals surface area contributed by atoms with Gasteiger partial charge in [-0.25, -0.2) is 0 Å². The highest BCUT2D eigenvalue weighted by Gasteiger charge is 2.34. The van der Waals surface area contributed by atoms with Crippen LogP contribution >= 0.6 is 11.8 Å². The molecule has 1 amide bonds. The van der Waals surface area contributed by atoms with E-state index in [4.69, 9.17) is 15.2 Å². The number of rotatable bonds is 5. The van der Waals surface area contributed by atoms with Gasteiger partial charge in [-0.3, -0.25) is 4.79 Å². The minimum atomic E-state index is -0.313. The van der Waals surface area contributed by atoms with Gasteiger partial charge >= 0.3 is 0 Å². The zero-order chi connectivity index (χ0) is 13.7. The van der Waals surface area contributed by atoms with Crippen LogP contribution in [0.2, 0.25) is 0 Å². The third-order valence-corrected chi connectivity index (χ3v) is 5.50. The first kappa shape index (κ1) is 15.1. The van der Waals surface area contributed by atoms with E-state index in [-0.39, 0.29) is 22.9 Å². The van der Waals surface area contributed by atoms with Crippen LogP contribution in [0.5, 0.6) is 0 Å². The van der Waals surface area contributed by atoms with E-state index in [9.17, 15) is 4.79 Å². The summed E-state index contributed by atoms with van der Waals surface area (Å²) in [5, 5.41) is 3.05. The number of amides is 1. The van der Waals surface area contributed by atoms with Crippen molar-refractivity contribution in [3.8, 4) is 0 Å². The molecule has 2 rings (SSSR count). The van der Waals surface area contributed by atoms with Crippen molar-refractivity contribution in [1.82, 2.24) is 5.32 Å². The molecule has 0 saturated carbocycles. The summed E-state index contributed by atoms with van der Waals surface area (Å²) in [5.74, 6) is 0.0101. The van der Waals surface area contributed by atoms with Crippen molar-refractivity contribution in [2.75, 3.05) is 32.6 Å². The number of carbonyl (C=O) groups excluding carboxylic acids is 1. The Kier molecular flexibility index (Phi) is 5.50. The normalized spacial score (nSPS) is 30.2. The predicted octanol–water partition coefficient (Wildman–Crippen LogP) is 0.521. The van der Waals surface area contributed by atoms with E-state index < -0.39 is 0 Å². The fourth-order valence-electron chi connectivity index (χ4n) is 2.63. The summed E-state index contributed by atoms with van der Waals surface area (Å²) < 4.78 is 11.1. The molecule has 3 N–H and O–H groups in total. The zero-order valence-electron chi connectivity index (χ0n) is 11.5. The predicted molar refractivity (Wildman–Crippen MR) is 76.3 cm³/mol. The fraction of sp³-hybridized carbons (Fsp3) is 0.923. The van der Waals surface area contributed by atoms with Crippen molar-refractivity contribution in [1.29, 1.82) is 0 Å². The Hall–Kier alpha value is -0.300. The molecule has 0 aromatic carbocycles. The first-order valence-electron chi connectivity index (χ1n) is 6.95. The Morgan fingerprint density at radius 2 is 2.16 bits per heavy atom. The van der Waals surface area contributed by atoms with Crippen LogP contribution in [0.15, 0.2) is 0 Å². The van der Waals surface area contributed by atoms with Gasteiger partial charge in [0.1, 0.15) is 6.10 Å². The molecule has 2 fully saturated rings. The van der Waals surface area contributed by atoms with Crippen molar-refractivity contribution in [3.63, 3.8) is 0 Å². The van der Waals surface area contributed by atoms with Gasteiger partial charge in [-0.15, -0.1) is 0 Å². The first-order valence-corrected chi connectivity index (χ1v) is 8.18. The topological polar surface area (TPSA) is 73.6 Å². The first-order chi connectivity index (χ1) is 9.19.